The molecule has 0 aliphatic carbocycles. The molecule has 106 valence electrons. The summed E-state index contributed by atoms with van der Waals surface area (Å²) in [4.78, 5) is 0. The molecule has 0 heterocycles. The van der Waals surface area contributed by atoms with Crippen LogP contribution in [0.2, 0.25) is 0 Å². The van der Waals surface area contributed by atoms with E-state index in [1.54, 1.807) is 7.11 Å². The molecule has 1 atom stereocenters. The van der Waals surface area contributed by atoms with Gasteiger partial charge in [-0.25, -0.2) is 0 Å². The Kier molecular flexibility index (Phi) is 4.46. The van der Waals surface area contributed by atoms with Crippen LogP contribution in [0.3, 0.4) is 0 Å². The van der Waals surface area contributed by atoms with Crippen LogP contribution in [0.4, 0.5) is 0 Å². The minimum absolute atomic E-state index is 0.209. The maximum absolute atomic E-state index is 5.35. The normalized spacial score (nSPS) is 12.2. The van der Waals surface area contributed by atoms with Gasteiger partial charge in [0.25, 0.3) is 0 Å². The predicted octanol–water partition coefficient (Wildman–Crippen LogP) is 3.93. The van der Waals surface area contributed by atoms with E-state index in [9.17, 15) is 0 Å². The molecule has 0 aromatic heterocycles. The number of hydrogen-bond donors (Lipinski definition) is 1. The number of ether oxygens (including phenoxy) is 1. The van der Waals surface area contributed by atoms with Gasteiger partial charge in [0.05, 0.1) is 13.2 Å². The lowest BCUT2D eigenvalue weighted by Gasteiger charge is -2.22. The Morgan fingerprint density at radius 2 is 1.60 bits per heavy atom. The average Bonchev–Trinajstić information content (AvgIpc) is 2.43. The summed E-state index contributed by atoms with van der Waals surface area (Å²) in [5.41, 5.74) is 6.43. The Balaban J connectivity index is 2.50. The van der Waals surface area contributed by atoms with Gasteiger partial charge in [0.1, 0.15) is 5.75 Å². The molecule has 0 aliphatic rings. The van der Waals surface area contributed by atoms with E-state index >= 15 is 0 Å². The van der Waals surface area contributed by atoms with Gasteiger partial charge in [-0.1, -0.05) is 30.3 Å². The molecule has 0 saturated heterocycles. The first-order valence-corrected chi connectivity index (χ1v) is 6.96. The Hall–Kier alpha value is -1.80. The van der Waals surface area contributed by atoms with Crippen LogP contribution in [0.1, 0.15) is 33.9 Å². The number of nitrogens with one attached hydrogen (secondary N) is 1. The Labute approximate surface area is 121 Å². The lowest BCUT2D eigenvalue weighted by atomic mass is 9.90. The van der Waals surface area contributed by atoms with Gasteiger partial charge in [-0.05, 0) is 61.7 Å². The molecule has 2 rings (SSSR count). The van der Waals surface area contributed by atoms with Crippen molar-refractivity contribution < 1.29 is 4.74 Å². The van der Waals surface area contributed by atoms with E-state index in [1.807, 2.05) is 13.1 Å². The minimum Gasteiger partial charge on any atom is -0.496 e. The van der Waals surface area contributed by atoms with Gasteiger partial charge in [-0.15, -0.1) is 0 Å². The van der Waals surface area contributed by atoms with E-state index < -0.39 is 0 Å². The third-order valence-corrected chi connectivity index (χ3v) is 3.87. The summed E-state index contributed by atoms with van der Waals surface area (Å²) in [5.74, 6) is 0.935. The summed E-state index contributed by atoms with van der Waals surface area (Å²) in [6.07, 6.45) is 0. The fraction of sp³-hybridized carbons (Fsp3) is 0.333. The van der Waals surface area contributed by atoms with E-state index in [1.165, 1.54) is 22.3 Å². The number of benzene rings is 2. The zero-order valence-corrected chi connectivity index (χ0v) is 12.9. The zero-order chi connectivity index (χ0) is 14.7. The molecule has 0 spiro atoms. The van der Waals surface area contributed by atoms with Crippen LogP contribution in [-0.2, 0) is 0 Å². The van der Waals surface area contributed by atoms with Crippen LogP contribution >= 0.6 is 0 Å². The summed E-state index contributed by atoms with van der Waals surface area (Å²) >= 11 is 0. The smallest absolute Gasteiger partial charge is 0.121 e. The molecule has 0 saturated carbocycles. The molecule has 2 aromatic carbocycles. The van der Waals surface area contributed by atoms with Crippen LogP contribution in [-0.4, -0.2) is 14.2 Å². The second kappa shape index (κ2) is 6.10. The van der Waals surface area contributed by atoms with Crippen LogP contribution < -0.4 is 10.1 Å². The average molecular weight is 269 g/mol. The summed E-state index contributed by atoms with van der Waals surface area (Å²) in [7, 11) is 3.72. The van der Waals surface area contributed by atoms with E-state index in [-0.39, 0.29) is 6.04 Å². The molecule has 2 heteroatoms. The van der Waals surface area contributed by atoms with Gasteiger partial charge < -0.3 is 10.1 Å². The second-order valence-corrected chi connectivity index (χ2v) is 5.26. The monoisotopic (exact) mass is 269 g/mol. The van der Waals surface area contributed by atoms with Gasteiger partial charge in [0.15, 0.2) is 0 Å². The predicted molar refractivity (Wildman–Crippen MR) is 84.5 cm³/mol. The fourth-order valence-corrected chi connectivity index (χ4v) is 2.84. The third kappa shape index (κ3) is 2.70. The Morgan fingerprint density at radius 1 is 0.950 bits per heavy atom. The van der Waals surface area contributed by atoms with Gasteiger partial charge in [0, 0.05) is 0 Å². The molecule has 20 heavy (non-hydrogen) atoms. The van der Waals surface area contributed by atoms with Crippen molar-refractivity contribution in [2.75, 3.05) is 14.2 Å². The maximum Gasteiger partial charge on any atom is 0.121 e. The quantitative estimate of drug-likeness (QED) is 0.908. The molecule has 0 radical (unpaired) electrons. The molecular formula is C18H23NO. The minimum atomic E-state index is 0.209. The number of hydrogen-bond acceptors (Lipinski definition) is 2. The largest absolute Gasteiger partial charge is 0.496 e. The van der Waals surface area contributed by atoms with Crippen molar-refractivity contribution in [3.8, 4) is 5.75 Å². The SMILES string of the molecule is CNC(c1ccc(OC)c(C)c1)c1c(C)cccc1C. The summed E-state index contributed by atoms with van der Waals surface area (Å²) < 4.78 is 5.35. The highest BCUT2D eigenvalue weighted by Gasteiger charge is 2.17. The molecule has 1 unspecified atom stereocenters. The van der Waals surface area contributed by atoms with Crippen LogP contribution in [0.5, 0.6) is 5.75 Å². The van der Waals surface area contributed by atoms with E-state index in [4.69, 9.17) is 4.74 Å². The molecule has 0 amide bonds. The third-order valence-electron chi connectivity index (χ3n) is 3.87. The highest BCUT2D eigenvalue weighted by molar-refractivity contribution is 5.45. The van der Waals surface area contributed by atoms with Crippen LogP contribution in [0, 0.1) is 20.8 Å². The topological polar surface area (TPSA) is 21.3 Å². The van der Waals surface area contributed by atoms with Crippen molar-refractivity contribution in [2.45, 2.75) is 26.8 Å². The van der Waals surface area contributed by atoms with E-state index in [0.717, 1.165) is 11.3 Å². The van der Waals surface area contributed by atoms with Gasteiger partial charge in [0.2, 0.25) is 0 Å². The molecule has 2 aromatic rings. The highest BCUT2D eigenvalue weighted by atomic mass is 16.5. The first-order chi connectivity index (χ1) is 9.58. The Bertz CT molecular complexity index is 584. The zero-order valence-electron chi connectivity index (χ0n) is 12.9. The van der Waals surface area contributed by atoms with Crippen molar-refractivity contribution in [3.63, 3.8) is 0 Å². The van der Waals surface area contributed by atoms with Crippen molar-refractivity contribution >= 4 is 0 Å². The van der Waals surface area contributed by atoms with E-state index in [0.29, 0.717) is 0 Å². The van der Waals surface area contributed by atoms with Gasteiger partial charge >= 0.3 is 0 Å². The summed E-state index contributed by atoms with van der Waals surface area (Å²) in [6, 6.07) is 13.0. The standard InChI is InChI=1S/C18H23NO/c1-12-7-6-8-13(2)17(12)18(19-4)15-9-10-16(20-5)14(3)11-15/h6-11,18-19H,1-5H3. The lowest BCUT2D eigenvalue weighted by Crippen LogP contribution is -2.20. The second-order valence-electron chi connectivity index (χ2n) is 5.26. The van der Waals surface area contributed by atoms with Crippen molar-refractivity contribution in [3.05, 3.63) is 64.2 Å². The fourth-order valence-electron chi connectivity index (χ4n) is 2.84. The molecule has 0 fully saturated rings. The van der Waals surface area contributed by atoms with Gasteiger partial charge in [-0.2, -0.15) is 0 Å². The maximum atomic E-state index is 5.35. The number of rotatable bonds is 4. The molecular weight excluding hydrogens is 246 g/mol. The van der Waals surface area contributed by atoms with Crippen molar-refractivity contribution in [1.29, 1.82) is 0 Å². The Morgan fingerprint density at radius 3 is 2.10 bits per heavy atom. The van der Waals surface area contributed by atoms with Gasteiger partial charge in [-0.3, -0.25) is 0 Å². The highest BCUT2D eigenvalue weighted by Crippen LogP contribution is 2.30. The van der Waals surface area contributed by atoms with Crippen molar-refractivity contribution in [1.82, 2.24) is 5.32 Å². The lowest BCUT2D eigenvalue weighted by molar-refractivity contribution is 0.411. The molecule has 1 N–H and O–H groups in total. The van der Waals surface area contributed by atoms with Crippen molar-refractivity contribution in [2.24, 2.45) is 0 Å². The molecule has 0 aliphatic heterocycles. The van der Waals surface area contributed by atoms with Crippen LogP contribution in [0.25, 0.3) is 0 Å². The first kappa shape index (κ1) is 14.6. The number of methoxy groups -OCH3 is 1. The first-order valence-electron chi connectivity index (χ1n) is 6.96. The van der Waals surface area contributed by atoms with E-state index in [2.05, 4.69) is 56.4 Å². The summed E-state index contributed by atoms with van der Waals surface area (Å²) in [6.45, 7) is 6.42. The summed E-state index contributed by atoms with van der Waals surface area (Å²) in [5, 5.41) is 3.44. The van der Waals surface area contributed by atoms with Crippen LogP contribution in [0.15, 0.2) is 36.4 Å². The number of aryl methyl sites for hydroxylation is 3. The molecule has 0 bridgehead atoms. The molecule has 2 nitrogen and oxygen atoms in total.